The highest BCUT2D eigenvalue weighted by Gasteiger charge is 2.41. The number of carbonyl (C=O) groups is 1. The van der Waals surface area contributed by atoms with E-state index in [4.69, 9.17) is 5.73 Å². The SMILES string of the molecule is CCC(N)C(=O)C(F)(F)F.Cl. The molecule has 0 amide bonds. The maximum Gasteiger partial charge on any atom is 0.451 e. The minimum atomic E-state index is -4.78. The van der Waals surface area contributed by atoms with E-state index in [0.29, 0.717) is 0 Å². The van der Waals surface area contributed by atoms with Crippen molar-refractivity contribution in [3.05, 3.63) is 0 Å². The monoisotopic (exact) mass is 191 g/mol. The molecule has 68 valence electrons. The second-order valence-electron chi connectivity index (χ2n) is 1.88. The summed E-state index contributed by atoms with van der Waals surface area (Å²) in [5.41, 5.74) is 4.83. The van der Waals surface area contributed by atoms with Gasteiger partial charge in [-0.1, -0.05) is 6.92 Å². The molecule has 11 heavy (non-hydrogen) atoms. The van der Waals surface area contributed by atoms with Crippen LogP contribution in [0.2, 0.25) is 0 Å². The Hall–Kier alpha value is -0.290. The predicted octanol–water partition coefficient (Wildman–Crippen LogP) is 1.28. The summed E-state index contributed by atoms with van der Waals surface area (Å²) < 4.78 is 34.4. The summed E-state index contributed by atoms with van der Waals surface area (Å²) in [5.74, 6) is -1.85. The topological polar surface area (TPSA) is 43.1 Å². The molecule has 0 aliphatic rings. The summed E-state index contributed by atoms with van der Waals surface area (Å²) in [4.78, 5) is 10.1. The maximum atomic E-state index is 11.5. The molecule has 0 fully saturated rings. The number of carbonyl (C=O) groups excluding carboxylic acids is 1. The smallest absolute Gasteiger partial charge is 0.321 e. The molecule has 0 spiro atoms. The molecule has 0 heterocycles. The third-order valence-corrected chi connectivity index (χ3v) is 1.06. The fourth-order valence-corrected chi connectivity index (χ4v) is 0.396. The number of rotatable bonds is 2. The second-order valence-corrected chi connectivity index (χ2v) is 1.88. The summed E-state index contributed by atoms with van der Waals surface area (Å²) in [7, 11) is 0. The lowest BCUT2D eigenvalue weighted by Gasteiger charge is -2.09. The number of alkyl halides is 3. The van der Waals surface area contributed by atoms with Crippen LogP contribution in [0.1, 0.15) is 13.3 Å². The Morgan fingerprint density at radius 2 is 1.91 bits per heavy atom. The van der Waals surface area contributed by atoms with Gasteiger partial charge in [0.05, 0.1) is 6.04 Å². The minimum Gasteiger partial charge on any atom is -0.321 e. The average Bonchev–Trinajstić information content (AvgIpc) is 1.83. The van der Waals surface area contributed by atoms with Crippen LogP contribution in [0, 0.1) is 0 Å². The van der Waals surface area contributed by atoms with Gasteiger partial charge in [-0.25, -0.2) is 0 Å². The van der Waals surface area contributed by atoms with E-state index in [-0.39, 0.29) is 18.8 Å². The van der Waals surface area contributed by atoms with Gasteiger partial charge in [0.15, 0.2) is 0 Å². The third-order valence-electron chi connectivity index (χ3n) is 1.06. The number of hydrogen-bond donors (Lipinski definition) is 1. The summed E-state index contributed by atoms with van der Waals surface area (Å²) in [6, 6.07) is -1.40. The summed E-state index contributed by atoms with van der Waals surface area (Å²) in [6.45, 7) is 1.42. The molecular weight excluding hydrogens is 183 g/mol. The highest BCUT2D eigenvalue weighted by molar-refractivity contribution is 5.88. The molecule has 0 bridgehead atoms. The molecule has 2 nitrogen and oxygen atoms in total. The zero-order chi connectivity index (χ0) is 8.36. The highest BCUT2D eigenvalue weighted by Crippen LogP contribution is 2.17. The van der Waals surface area contributed by atoms with Crippen molar-refractivity contribution in [3.63, 3.8) is 0 Å². The van der Waals surface area contributed by atoms with E-state index in [0.717, 1.165) is 0 Å². The van der Waals surface area contributed by atoms with Gasteiger partial charge in [0.25, 0.3) is 5.78 Å². The Bertz CT molecular complexity index is 136. The fourth-order valence-electron chi connectivity index (χ4n) is 0.396. The molecule has 1 unspecified atom stereocenters. The molecule has 0 aliphatic heterocycles. The first-order valence-corrected chi connectivity index (χ1v) is 2.76. The van der Waals surface area contributed by atoms with Crippen molar-refractivity contribution >= 4 is 18.2 Å². The zero-order valence-corrected chi connectivity index (χ0v) is 6.63. The third kappa shape index (κ3) is 4.21. The molecule has 0 aromatic carbocycles. The Kier molecular flexibility index (Phi) is 5.52. The number of ketones is 1. The van der Waals surface area contributed by atoms with Gasteiger partial charge in [0.2, 0.25) is 0 Å². The van der Waals surface area contributed by atoms with Gasteiger partial charge in [-0.2, -0.15) is 13.2 Å². The van der Waals surface area contributed by atoms with Crippen LogP contribution in [-0.4, -0.2) is 18.0 Å². The van der Waals surface area contributed by atoms with E-state index in [9.17, 15) is 18.0 Å². The van der Waals surface area contributed by atoms with Crippen LogP contribution in [-0.2, 0) is 4.79 Å². The predicted molar refractivity (Wildman–Crippen MR) is 36.6 cm³/mol. The van der Waals surface area contributed by atoms with Crippen molar-refractivity contribution in [2.24, 2.45) is 5.73 Å². The number of hydrogen-bond acceptors (Lipinski definition) is 2. The first-order valence-electron chi connectivity index (χ1n) is 2.76. The van der Waals surface area contributed by atoms with E-state index in [1.165, 1.54) is 6.92 Å². The molecular formula is C5H9ClF3NO. The van der Waals surface area contributed by atoms with Crippen molar-refractivity contribution in [1.29, 1.82) is 0 Å². The van der Waals surface area contributed by atoms with Gasteiger partial charge in [0, 0.05) is 0 Å². The molecule has 1 atom stereocenters. The molecule has 2 N–H and O–H groups in total. The standard InChI is InChI=1S/C5H8F3NO.ClH/c1-2-3(9)4(10)5(6,7)8;/h3H,2,9H2,1H3;1H. The van der Waals surface area contributed by atoms with Crippen molar-refractivity contribution in [2.45, 2.75) is 25.6 Å². The van der Waals surface area contributed by atoms with Crippen molar-refractivity contribution in [2.75, 3.05) is 0 Å². The van der Waals surface area contributed by atoms with Gasteiger partial charge in [-0.05, 0) is 6.42 Å². The van der Waals surface area contributed by atoms with Gasteiger partial charge in [-0.3, -0.25) is 4.79 Å². The molecule has 0 rings (SSSR count). The molecule has 0 aromatic heterocycles. The van der Waals surface area contributed by atoms with Crippen LogP contribution in [0.4, 0.5) is 13.2 Å². The summed E-state index contributed by atoms with van der Waals surface area (Å²) in [6.07, 6.45) is -4.77. The van der Waals surface area contributed by atoms with E-state index < -0.39 is 18.0 Å². The average molecular weight is 192 g/mol. The second kappa shape index (κ2) is 4.56. The van der Waals surface area contributed by atoms with Crippen molar-refractivity contribution < 1.29 is 18.0 Å². The number of halogens is 4. The van der Waals surface area contributed by atoms with E-state index >= 15 is 0 Å². The fraction of sp³-hybridized carbons (Fsp3) is 0.800. The zero-order valence-electron chi connectivity index (χ0n) is 5.81. The largest absolute Gasteiger partial charge is 0.451 e. The lowest BCUT2D eigenvalue weighted by Crippen LogP contribution is -2.39. The number of nitrogens with two attached hydrogens (primary N) is 1. The molecule has 0 aliphatic carbocycles. The summed E-state index contributed by atoms with van der Waals surface area (Å²) in [5, 5.41) is 0. The van der Waals surface area contributed by atoms with E-state index in [1.54, 1.807) is 0 Å². The Labute approximate surface area is 68.4 Å². The molecule has 0 aromatic rings. The lowest BCUT2D eigenvalue weighted by molar-refractivity contribution is -0.172. The van der Waals surface area contributed by atoms with Crippen LogP contribution in [0.15, 0.2) is 0 Å². The normalized spacial score (nSPS) is 13.5. The van der Waals surface area contributed by atoms with Gasteiger partial charge >= 0.3 is 6.18 Å². The number of Topliss-reactive ketones (excluding diaryl/α,β-unsaturated/α-hetero) is 1. The van der Waals surface area contributed by atoms with Crippen LogP contribution in [0.3, 0.4) is 0 Å². The Balaban J connectivity index is 0. The van der Waals surface area contributed by atoms with Crippen molar-refractivity contribution in [1.82, 2.24) is 0 Å². The lowest BCUT2D eigenvalue weighted by atomic mass is 10.1. The first kappa shape index (κ1) is 13.3. The van der Waals surface area contributed by atoms with Crippen LogP contribution in [0.25, 0.3) is 0 Å². The minimum absolute atomic E-state index is 0. The maximum absolute atomic E-state index is 11.5. The molecule has 6 heteroatoms. The van der Waals surface area contributed by atoms with Crippen LogP contribution in [0.5, 0.6) is 0 Å². The van der Waals surface area contributed by atoms with E-state index in [1.807, 2.05) is 0 Å². The molecule has 0 saturated heterocycles. The van der Waals surface area contributed by atoms with Crippen LogP contribution >= 0.6 is 12.4 Å². The van der Waals surface area contributed by atoms with Crippen LogP contribution < -0.4 is 5.73 Å². The first-order chi connectivity index (χ1) is 4.39. The molecule has 0 saturated carbocycles. The van der Waals surface area contributed by atoms with Gasteiger partial charge in [-0.15, -0.1) is 12.4 Å². The quantitative estimate of drug-likeness (QED) is 0.715. The van der Waals surface area contributed by atoms with Gasteiger partial charge in [0.1, 0.15) is 0 Å². The van der Waals surface area contributed by atoms with Crippen molar-refractivity contribution in [3.8, 4) is 0 Å². The molecule has 0 radical (unpaired) electrons. The highest BCUT2D eigenvalue weighted by atomic mass is 35.5. The van der Waals surface area contributed by atoms with E-state index in [2.05, 4.69) is 0 Å². The Morgan fingerprint density at radius 3 is 2.00 bits per heavy atom. The summed E-state index contributed by atoms with van der Waals surface area (Å²) >= 11 is 0. The Morgan fingerprint density at radius 1 is 1.55 bits per heavy atom. The van der Waals surface area contributed by atoms with Gasteiger partial charge < -0.3 is 5.73 Å².